The predicted molar refractivity (Wildman–Crippen MR) is 74.6 cm³/mol. The number of ether oxygens (including phenoxy) is 1. The number of hydrogen-bond donors (Lipinski definition) is 1. The zero-order chi connectivity index (χ0) is 13.3. The molecule has 0 spiro atoms. The Bertz CT molecular complexity index is 561. The van der Waals surface area contributed by atoms with Gasteiger partial charge < -0.3 is 9.84 Å². The van der Waals surface area contributed by atoms with Crippen LogP contribution in [-0.4, -0.2) is 17.2 Å². The molecule has 0 radical (unpaired) electrons. The highest BCUT2D eigenvalue weighted by molar-refractivity contribution is 7.13. The molecule has 1 heterocycles. The Kier molecular flexibility index (Phi) is 3.57. The first-order valence-corrected chi connectivity index (χ1v) is 6.74. The van der Waals surface area contributed by atoms with Crippen molar-refractivity contribution in [2.75, 3.05) is 7.11 Å². The number of benzene rings is 1. The average molecular weight is 263 g/mol. The van der Waals surface area contributed by atoms with E-state index >= 15 is 0 Å². The van der Waals surface area contributed by atoms with E-state index in [-0.39, 0.29) is 5.88 Å². The van der Waals surface area contributed by atoms with Gasteiger partial charge in [-0.1, -0.05) is 13.8 Å². The summed E-state index contributed by atoms with van der Waals surface area (Å²) in [6.07, 6.45) is 0. The van der Waals surface area contributed by atoms with Gasteiger partial charge in [0.05, 0.1) is 12.5 Å². The lowest BCUT2D eigenvalue weighted by Gasteiger charge is -2.15. The fraction of sp³-hybridized carbons (Fsp3) is 0.357. The van der Waals surface area contributed by atoms with Crippen LogP contribution < -0.4 is 4.74 Å². The second-order valence-electron chi connectivity index (χ2n) is 4.57. The summed E-state index contributed by atoms with van der Waals surface area (Å²) in [5, 5.41) is 11.8. The largest absolute Gasteiger partial charge is 0.496 e. The van der Waals surface area contributed by atoms with E-state index in [1.807, 2.05) is 13.0 Å². The second kappa shape index (κ2) is 4.98. The van der Waals surface area contributed by atoms with Crippen molar-refractivity contribution in [3.63, 3.8) is 0 Å². The van der Waals surface area contributed by atoms with Crippen molar-refractivity contribution in [2.45, 2.75) is 26.7 Å². The first-order valence-electron chi connectivity index (χ1n) is 5.86. The number of hydrogen-bond acceptors (Lipinski definition) is 4. The van der Waals surface area contributed by atoms with E-state index in [0.717, 1.165) is 27.4 Å². The normalized spacial score (nSPS) is 10.9. The Morgan fingerprint density at radius 1 is 1.33 bits per heavy atom. The lowest BCUT2D eigenvalue weighted by molar-refractivity contribution is 0.407. The lowest BCUT2D eigenvalue weighted by atomic mass is 9.96. The maximum Gasteiger partial charge on any atom is 0.222 e. The molecular weight excluding hydrogens is 246 g/mol. The van der Waals surface area contributed by atoms with Gasteiger partial charge in [0.2, 0.25) is 5.88 Å². The Labute approximate surface area is 111 Å². The number of aromatic nitrogens is 1. The molecule has 0 amide bonds. The van der Waals surface area contributed by atoms with Crippen LogP contribution >= 0.6 is 11.3 Å². The van der Waals surface area contributed by atoms with Crippen LogP contribution in [0.5, 0.6) is 11.6 Å². The van der Waals surface area contributed by atoms with Crippen molar-refractivity contribution in [3.05, 3.63) is 28.6 Å². The zero-order valence-electron chi connectivity index (χ0n) is 11.0. The molecule has 1 aromatic carbocycles. The fourth-order valence-electron chi connectivity index (χ4n) is 1.95. The van der Waals surface area contributed by atoms with E-state index in [0.29, 0.717) is 5.92 Å². The molecule has 2 aromatic rings. The highest BCUT2D eigenvalue weighted by Gasteiger charge is 2.14. The van der Waals surface area contributed by atoms with Crippen molar-refractivity contribution < 1.29 is 9.84 Å². The zero-order valence-corrected chi connectivity index (χ0v) is 11.8. The van der Waals surface area contributed by atoms with Gasteiger partial charge in [0.15, 0.2) is 0 Å². The number of aryl methyl sites for hydroxylation is 1. The molecule has 18 heavy (non-hydrogen) atoms. The number of thiazole rings is 1. The SMILES string of the molecule is COc1cc(C)c(-c2nc(O)cs2)cc1C(C)C. The van der Waals surface area contributed by atoms with Crippen molar-refractivity contribution in [2.24, 2.45) is 0 Å². The predicted octanol–water partition coefficient (Wildman–Crippen LogP) is 3.96. The molecule has 0 atom stereocenters. The molecule has 0 bridgehead atoms. The molecule has 0 aliphatic carbocycles. The van der Waals surface area contributed by atoms with E-state index in [1.165, 1.54) is 11.3 Å². The van der Waals surface area contributed by atoms with Crippen molar-refractivity contribution in [1.29, 1.82) is 0 Å². The maximum absolute atomic E-state index is 9.36. The highest BCUT2D eigenvalue weighted by atomic mass is 32.1. The molecule has 96 valence electrons. The van der Waals surface area contributed by atoms with Crippen LogP contribution in [0.1, 0.15) is 30.9 Å². The summed E-state index contributed by atoms with van der Waals surface area (Å²) in [5.74, 6) is 1.37. The minimum absolute atomic E-state index is 0.0799. The van der Waals surface area contributed by atoms with Gasteiger partial charge in [-0.25, -0.2) is 4.98 Å². The molecule has 1 N–H and O–H groups in total. The number of aromatic hydroxyl groups is 1. The summed E-state index contributed by atoms with van der Waals surface area (Å²) in [4.78, 5) is 4.13. The van der Waals surface area contributed by atoms with Gasteiger partial charge in [-0.2, -0.15) is 0 Å². The molecule has 0 aliphatic rings. The smallest absolute Gasteiger partial charge is 0.222 e. The summed E-state index contributed by atoms with van der Waals surface area (Å²) in [7, 11) is 1.69. The molecule has 3 nitrogen and oxygen atoms in total. The van der Waals surface area contributed by atoms with E-state index in [1.54, 1.807) is 12.5 Å². The van der Waals surface area contributed by atoms with Crippen LogP contribution in [0.25, 0.3) is 10.6 Å². The van der Waals surface area contributed by atoms with Crippen LogP contribution in [0.4, 0.5) is 0 Å². The third-order valence-electron chi connectivity index (χ3n) is 2.92. The van der Waals surface area contributed by atoms with Gasteiger partial charge in [0.25, 0.3) is 0 Å². The van der Waals surface area contributed by atoms with Gasteiger partial charge in [-0.15, -0.1) is 11.3 Å². The monoisotopic (exact) mass is 263 g/mol. The Hall–Kier alpha value is -1.55. The van der Waals surface area contributed by atoms with Crippen LogP contribution in [0, 0.1) is 6.92 Å². The minimum atomic E-state index is 0.0799. The number of nitrogens with zero attached hydrogens (tertiary/aromatic N) is 1. The lowest BCUT2D eigenvalue weighted by Crippen LogP contribution is -1.97. The standard InChI is InChI=1S/C14H17NO2S/c1-8(2)10-6-11(9(3)5-12(10)17-4)14-15-13(16)7-18-14/h5-8,16H,1-4H3. The first kappa shape index (κ1) is 12.9. The van der Waals surface area contributed by atoms with Crippen molar-refractivity contribution in [3.8, 4) is 22.2 Å². The molecule has 0 aliphatic heterocycles. The molecule has 0 saturated carbocycles. The van der Waals surface area contributed by atoms with E-state index in [9.17, 15) is 5.11 Å². The molecule has 0 fully saturated rings. The van der Waals surface area contributed by atoms with Crippen molar-refractivity contribution in [1.82, 2.24) is 4.98 Å². The summed E-state index contributed by atoms with van der Waals surface area (Å²) in [6, 6.07) is 4.14. The highest BCUT2D eigenvalue weighted by Crippen LogP contribution is 2.36. The maximum atomic E-state index is 9.36. The van der Waals surface area contributed by atoms with Gasteiger partial charge in [0.1, 0.15) is 10.8 Å². The van der Waals surface area contributed by atoms with E-state index in [4.69, 9.17) is 4.74 Å². The topological polar surface area (TPSA) is 42.4 Å². The van der Waals surface area contributed by atoms with E-state index < -0.39 is 0 Å². The van der Waals surface area contributed by atoms with Gasteiger partial charge >= 0.3 is 0 Å². The quantitative estimate of drug-likeness (QED) is 0.911. The van der Waals surface area contributed by atoms with Gasteiger partial charge in [-0.3, -0.25) is 0 Å². The molecule has 4 heteroatoms. The Morgan fingerprint density at radius 3 is 2.56 bits per heavy atom. The summed E-state index contributed by atoms with van der Waals surface area (Å²) >= 11 is 1.45. The van der Waals surface area contributed by atoms with Crippen LogP contribution in [0.2, 0.25) is 0 Å². The van der Waals surface area contributed by atoms with Crippen molar-refractivity contribution >= 4 is 11.3 Å². The summed E-state index contributed by atoms with van der Waals surface area (Å²) in [5.41, 5.74) is 3.32. The summed E-state index contributed by atoms with van der Waals surface area (Å²) in [6.45, 7) is 6.30. The fourth-order valence-corrected chi connectivity index (χ4v) is 2.71. The molecule has 2 rings (SSSR count). The number of rotatable bonds is 3. The third-order valence-corrected chi connectivity index (χ3v) is 3.78. The molecule has 1 aromatic heterocycles. The Morgan fingerprint density at radius 2 is 2.06 bits per heavy atom. The summed E-state index contributed by atoms with van der Waals surface area (Å²) < 4.78 is 5.42. The van der Waals surface area contributed by atoms with Crippen LogP contribution in [0.15, 0.2) is 17.5 Å². The number of methoxy groups -OCH3 is 1. The molecule has 0 unspecified atom stereocenters. The second-order valence-corrected chi connectivity index (χ2v) is 5.43. The molecule has 0 saturated heterocycles. The molecular formula is C14H17NO2S. The van der Waals surface area contributed by atoms with Crippen LogP contribution in [0.3, 0.4) is 0 Å². The minimum Gasteiger partial charge on any atom is -0.496 e. The Balaban J connectivity index is 2.58. The third kappa shape index (κ3) is 2.34. The van der Waals surface area contributed by atoms with Crippen LogP contribution in [-0.2, 0) is 0 Å². The van der Waals surface area contributed by atoms with Gasteiger partial charge in [-0.05, 0) is 36.1 Å². The van der Waals surface area contributed by atoms with Gasteiger partial charge in [0, 0.05) is 5.56 Å². The van der Waals surface area contributed by atoms with E-state index in [2.05, 4.69) is 24.9 Å². The average Bonchev–Trinajstić information content (AvgIpc) is 2.74. The first-order chi connectivity index (χ1) is 8.52.